The number of aliphatic hydroxyl groups is 1. The van der Waals surface area contributed by atoms with Gasteiger partial charge in [0.15, 0.2) is 0 Å². The van der Waals surface area contributed by atoms with E-state index in [0.29, 0.717) is 23.6 Å². The van der Waals surface area contributed by atoms with E-state index >= 15 is 0 Å². The van der Waals surface area contributed by atoms with Crippen LogP contribution in [0, 0.1) is 5.41 Å². The number of nitrogens with one attached hydrogen (secondary N) is 1. The monoisotopic (exact) mass is 250 g/mol. The third-order valence-electron chi connectivity index (χ3n) is 3.40. The summed E-state index contributed by atoms with van der Waals surface area (Å²) in [6.45, 7) is 0.865. The molecule has 98 valence electrons. The van der Waals surface area contributed by atoms with Crippen molar-refractivity contribution >= 4 is 17.4 Å². The number of anilines is 2. The Morgan fingerprint density at radius 1 is 1.56 bits per heavy atom. The van der Waals surface area contributed by atoms with Gasteiger partial charge in [0.25, 0.3) is 5.91 Å². The zero-order chi connectivity index (χ0) is 13.2. The molecule has 0 unspecified atom stereocenters. The summed E-state index contributed by atoms with van der Waals surface area (Å²) in [5.41, 5.74) is 11.7. The molecule has 1 aliphatic rings. The molecular weight excluding hydrogens is 232 g/mol. The van der Waals surface area contributed by atoms with Crippen molar-refractivity contribution < 1.29 is 9.90 Å². The number of nitrogens with two attached hydrogens (primary N) is 2. The number of amides is 1. The largest absolute Gasteiger partial charge is 0.397 e. The first kappa shape index (κ1) is 12.6. The summed E-state index contributed by atoms with van der Waals surface area (Å²) in [4.78, 5) is 15.4. The Labute approximate surface area is 105 Å². The van der Waals surface area contributed by atoms with E-state index in [9.17, 15) is 4.79 Å². The molecule has 18 heavy (non-hydrogen) atoms. The van der Waals surface area contributed by atoms with Crippen molar-refractivity contribution in [2.24, 2.45) is 11.1 Å². The van der Waals surface area contributed by atoms with Crippen molar-refractivity contribution in [2.45, 2.75) is 19.3 Å². The van der Waals surface area contributed by atoms with Gasteiger partial charge in [0, 0.05) is 13.2 Å². The Bertz CT molecular complexity index is 457. The molecule has 0 aliphatic heterocycles. The lowest BCUT2D eigenvalue weighted by molar-refractivity contribution is 0.100. The summed E-state index contributed by atoms with van der Waals surface area (Å²) in [7, 11) is 0. The van der Waals surface area contributed by atoms with Crippen molar-refractivity contribution in [3.05, 3.63) is 17.8 Å². The number of hydrogen-bond donors (Lipinski definition) is 4. The average molecular weight is 250 g/mol. The maximum Gasteiger partial charge on any atom is 0.252 e. The van der Waals surface area contributed by atoms with Crippen LogP contribution >= 0.6 is 0 Å². The zero-order valence-corrected chi connectivity index (χ0v) is 10.1. The van der Waals surface area contributed by atoms with Crippen LogP contribution in [0.5, 0.6) is 0 Å². The number of aliphatic hydroxyl groups excluding tert-OH is 1. The minimum Gasteiger partial charge on any atom is -0.397 e. The smallest absolute Gasteiger partial charge is 0.252 e. The lowest BCUT2D eigenvalue weighted by Gasteiger charge is -2.16. The van der Waals surface area contributed by atoms with Crippen molar-refractivity contribution in [1.82, 2.24) is 4.98 Å². The molecule has 1 saturated carbocycles. The van der Waals surface area contributed by atoms with Crippen LogP contribution in [0.4, 0.5) is 11.5 Å². The van der Waals surface area contributed by atoms with E-state index in [-0.39, 0.29) is 12.0 Å². The van der Waals surface area contributed by atoms with Crippen LogP contribution in [-0.2, 0) is 0 Å². The normalized spacial score (nSPS) is 16.3. The van der Waals surface area contributed by atoms with Gasteiger partial charge in [0.2, 0.25) is 0 Å². The van der Waals surface area contributed by atoms with Crippen LogP contribution in [0.3, 0.4) is 0 Å². The van der Waals surface area contributed by atoms with Crippen molar-refractivity contribution in [1.29, 1.82) is 0 Å². The second kappa shape index (κ2) is 4.81. The summed E-state index contributed by atoms with van der Waals surface area (Å²) >= 11 is 0. The maximum absolute atomic E-state index is 11.3. The average Bonchev–Trinajstić information content (AvgIpc) is 3.08. The standard InChI is InChI=1S/C12H18N4O2/c13-8-5-9(10(14)18)11(15-6-8)16-7-12(1-2-12)3-4-17/h5-6,17H,1-4,7,13H2,(H2,14,18)(H,15,16). The van der Waals surface area contributed by atoms with E-state index in [1.54, 1.807) is 0 Å². The summed E-state index contributed by atoms with van der Waals surface area (Å²) < 4.78 is 0. The number of aromatic nitrogens is 1. The number of rotatable bonds is 6. The summed E-state index contributed by atoms with van der Waals surface area (Å²) in [5.74, 6) is -0.0924. The molecule has 1 amide bonds. The Morgan fingerprint density at radius 3 is 2.83 bits per heavy atom. The van der Waals surface area contributed by atoms with Crippen LogP contribution in [-0.4, -0.2) is 29.1 Å². The molecule has 1 fully saturated rings. The molecule has 0 bridgehead atoms. The van der Waals surface area contributed by atoms with Gasteiger partial charge in [0.1, 0.15) is 5.82 Å². The molecular formula is C12H18N4O2. The van der Waals surface area contributed by atoms with Gasteiger partial charge < -0.3 is 21.9 Å². The fourth-order valence-corrected chi connectivity index (χ4v) is 2.01. The molecule has 6 heteroatoms. The molecule has 1 aromatic heterocycles. The number of nitrogen functional groups attached to an aromatic ring is 1. The van der Waals surface area contributed by atoms with E-state index in [4.69, 9.17) is 16.6 Å². The molecule has 6 nitrogen and oxygen atoms in total. The highest BCUT2D eigenvalue weighted by molar-refractivity contribution is 5.98. The summed E-state index contributed by atoms with van der Waals surface area (Å²) in [6, 6.07) is 1.52. The van der Waals surface area contributed by atoms with Gasteiger partial charge in [0.05, 0.1) is 17.4 Å². The van der Waals surface area contributed by atoms with Crippen LogP contribution in [0.1, 0.15) is 29.6 Å². The summed E-state index contributed by atoms with van der Waals surface area (Å²) in [6.07, 6.45) is 4.42. The van der Waals surface area contributed by atoms with E-state index in [1.807, 2.05) is 0 Å². The number of hydrogen-bond acceptors (Lipinski definition) is 5. The second-order valence-electron chi connectivity index (χ2n) is 4.86. The molecule has 1 aromatic rings. The minimum absolute atomic E-state index is 0.146. The third kappa shape index (κ3) is 2.70. The molecule has 0 aromatic carbocycles. The van der Waals surface area contributed by atoms with Gasteiger partial charge in [-0.25, -0.2) is 4.98 Å². The molecule has 0 radical (unpaired) electrons. The van der Waals surface area contributed by atoms with Crippen molar-refractivity contribution in [2.75, 3.05) is 24.2 Å². The van der Waals surface area contributed by atoms with Gasteiger partial charge in [-0.1, -0.05) is 0 Å². The molecule has 1 aliphatic carbocycles. The maximum atomic E-state index is 11.3. The second-order valence-corrected chi connectivity index (χ2v) is 4.86. The molecule has 1 heterocycles. The number of nitrogens with zero attached hydrogens (tertiary/aromatic N) is 1. The number of carbonyl (C=O) groups excluding carboxylic acids is 1. The minimum atomic E-state index is -0.552. The van der Waals surface area contributed by atoms with Crippen LogP contribution in [0.15, 0.2) is 12.3 Å². The van der Waals surface area contributed by atoms with E-state index in [0.717, 1.165) is 19.3 Å². The van der Waals surface area contributed by atoms with Gasteiger partial charge in [-0.05, 0) is 30.7 Å². The van der Waals surface area contributed by atoms with Gasteiger partial charge in [-0.15, -0.1) is 0 Å². The Kier molecular flexibility index (Phi) is 3.38. The summed E-state index contributed by atoms with van der Waals surface area (Å²) in [5, 5.41) is 12.1. The zero-order valence-electron chi connectivity index (χ0n) is 10.1. The first-order valence-corrected chi connectivity index (χ1v) is 5.96. The van der Waals surface area contributed by atoms with Gasteiger partial charge in [-0.2, -0.15) is 0 Å². The fourth-order valence-electron chi connectivity index (χ4n) is 2.01. The van der Waals surface area contributed by atoms with E-state index in [2.05, 4.69) is 10.3 Å². The van der Waals surface area contributed by atoms with Gasteiger partial charge >= 0.3 is 0 Å². The molecule has 6 N–H and O–H groups in total. The highest BCUT2D eigenvalue weighted by Gasteiger charge is 2.41. The lowest BCUT2D eigenvalue weighted by atomic mass is 10.0. The van der Waals surface area contributed by atoms with Crippen LogP contribution < -0.4 is 16.8 Å². The molecule has 0 spiro atoms. The topological polar surface area (TPSA) is 114 Å². The van der Waals surface area contributed by atoms with Crippen LogP contribution in [0.2, 0.25) is 0 Å². The van der Waals surface area contributed by atoms with E-state index in [1.165, 1.54) is 12.3 Å². The third-order valence-corrected chi connectivity index (χ3v) is 3.40. The highest BCUT2D eigenvalue weighted by Crippen LogP contribution is 2.48. The quantitative estimate of drug-likeness (QED) is 0.581. The van der Waals surface area contributed by atoms with Crippen molar-refractivity contribution in [3.63, 3.8) is 0 Å². The first-order valence-electron chi connectivity index (χ1n) is 5.96. The first-order chi connectivity index (χ1) is 8.56. The molecule has 2 rings (SSSR count). The Balaban J connectivity index is 2.07. The predicted molar refractivity (Wildman–Crippen MR) is 69.0 cm³/mol. The van der Waals surface area contributed by atoms with Crippen molar-refractivity contribution in [3.8, 4) is 0 Å². The fraction of sp³-hybridized carbons (Fsp3) is 0.500. The van der Waals surface area contributed by atoms with Gasteiger partial charge in [-0.3, -0.25) is 4.79 Å². The number of pyridine rings is 1. The molecule has 0 atom stereocenters. The Hall–Kier alpha value is -1.82. The Morgan fingerprint density at radius 2 is 2.28 bits per heavy atom. The number of carbonyl (C=O) groups is 1. The van der Waals surface area contributed by atoms with E-state index < -0.39 is 5.91 Å². The SMILES string of the molecule is NC(=O)c1cc(N)cnc1NCC1(CCO)CC1. The number of primary amides is 1. The molecule has 0 saturated heterocycles. The van der Waals surface area contributed by atoms with Crippen LogP contribution in [0.25, 0.3) is 0 Å². The highest BCUT2D eigenvalue weighted by atomic mass is 16.3. The lowest BCUT2D eigenvalue weighted by Crippen LogP contribution is -2.21. The predicted octanol–water partition coefficient (Wildman–Crippen LogP) is 0.337.